The number of thiazole rings is 1. The summed E-state index contributed by atoms with van der Waals surface area (Å²) in [7, 11) is -3.59. The standard InChI is InChI=1S/C19H21N3O3S3/c1-4-12(2)22-28(24,25)15-8-6-14(7-9-15)18(23)21-19-20-16(11-26-19)17-10-5-13(3)27-17/h5-12,22H,4H2,1-3H3,(H,20,21,23). The number of nitrogens with zero attached hydrogens (tertiary/aromatic N) is 1. The fraction of sp³-hybridized carbons (Fsp3) is 0.263. The first-order valence-electron chi connectivity index (χ1n) is 8.74. The van der Waals surface area contributed by atoms with Crippen LogP contribution in [0.15, 0.2) is 46.7 Å². The number of carbonyl (C=O) groups excluding carboxylic acids is 1. The molecule has 0 aliphatic rings. The van der Waals surface area contributed by atoms with Gasteiger partial charge in [0.2, 0.25) is 10.0 Å². The van der Waals surface area contributed by atoms with Crippen LogP contribution in [0, 0.1) is 6.92 Å². The highest BCUT2D eigenvalue weighted by Crippen LogP contribution is 2.30. The molecule has 2 N–H and O–H groups in total. The van der Waals surface area contributed by atoms with Crippen molar-refractivity contribution in [3.05, 3.63) is 52.2 Å². The molecule has 2 heterocycles. The maximum atomic E-state index is 12.4. The Labute approximate surface area is 172 Å². The van der Waals surface area contributed by atoms with Gasteiger partial charge in [0.05, 0.1) is 15.5 Å². The molecule has 6 nitrogen and oxygen atoms in total. The highest BCUT2D eigenvalue weighted by atomic mass is 32.2. The molecule has 1 unspecified atom stereocenters. The van der Waals surface area contributed by atoms with E-state index in [1.54, 1.807) is 18.3 Å². The number of benzene rings is 1. The molecule has 3 rings (SSSR count). The predicted molar refractivity (Wildman–Crippen MR) is 115 cm³/mol. The van der Waals surface area contributed by atoms with Crippen molar-refractivity contribution in [2.45, 2.75) is 38.1 Å². The van der Waals surface area contributed by atoms with Crippen molar-refractivity contribution in [3.8, 4) is 10.6 Å². The van der Waals surface area contributed by atoms with E-state index in [1.807, 2.05) is 31.4 Å². The second kappa shape index (κ2) is 8.52. The summed E-state index contributed by atoms with van der Waals surface area (Å²) >= 11 is 3.00. The zero-order valence-corrected chi connectivity index (χ0v) is 18.2. The second-order valence-corrected chi connectivity index (χ2v) is 10.2. The molecular formula is C19H21N3O3S3. The van der Waals surface area contributed by atoms with Gasteiger partial charge < -0.3 is 0 Å². The fourth-order valence-electron chi connectivity index (χ4n) is 2.39. The van der Waals surface area contributed by atoms with Gasteiger partial charge >= 0.3 is 0 Å². The Balaban J connectivity index is 1.69. The first-order chi connectivity index (χ1) is 13.3. The minimum absolute atomic E-state index is 0.133. The molecule has 0 spiro atoms. The lowest BCUT2D eigenvalue weighted by molar-refractivity contribution is 0.102. The second-order valence-electron chi connectivity index (χ2n) is 6.36. The van der Waals surface area contributed by atoms with Crippen LogP contribution >= 0.6 is 22.7 Å². The van der Waals surface area contributed by atoms with E-state index in [2.05, 4.69) is 15.0 Å². The van der Waals surface area contributed by atoms with Gasteiger partial charge in [0, 0.05) is 21.9 Å². The number of aromatic nitrogens is 1. The first-order valence-corrected chi connectivity index (χ1v) is 11.9. The lowest BCUT2D eigenvalue weighted by Crippen LogP contribution is -2.32. The van der Waals surface area contributed by atoms with E-state index in [-0.39, 0.29) is 16.8 Å². The third-order valence-corrected chi connectivity index (χ3v) is 7.50. The Hall–Kier alpha value is -2.07. The minimum Gasteiger partial charge on any atom is -0.298 e. The number of anilines is 1. The monoisotopic (exact) mass is 435 g/mol. The highest BCUT2D eigenvalue weighted by Gasteiger charge is 2.17. The Morgan fingerprint density at radius 2 is 1.89 bits per heavy atom. The molecule has 0 bridgehead atoms. The summed E-state index contributed by atoms with van der Waals surface area (Å²) in [5.41, 5.74) is 1.20. The number of thiophene rings is 1. The van der Waals surface area contributed by atoms with E-state index in [4.69, 9.17) is 0 Å². The predicted octanol–water partition coefficient (Wildman–Crippen LogP) is 4.51. The van der Waals surface area contributed by atoms with E-state index in [0.29, 0.717) is 17.1 Å². The molecule has 0 radical (unpaired) electrons. The van der Waals surface area contributed by atoms with Crippen LogP contribution in [0.1, 0.15) is 35.5 Å². The Morgan fingerprint density at radius 3 is 2.50 bits per heavy atom. The van der Waals surface area contributed by atoms with E-state index < -0.39 is 10.0 Å². The third kappa shape index (κ3) is 4.85. The molecule has 148 valence electrons. The van der Waals surface area contributed by atoms with Crippen LogP contribution in [0.5, 0.6) is 0 Å². The lowest BCUT2D eigenvalue weighted by atomic mass is 10.2. The number of rotatable bonds is 7. The number of hydrogen-bond acceptors (Lipinski definition) is 6. The number of carbonyl (C=O) groups is 1. The summed E-state index contributed by atoms with van der Waals surface area (Å²) in [6.45, 7) is 5.74. The van der Waals surface area contributed by atoms with Crippen LogP contribution in [0.4, 0.5) is 5.13 Å². The summed E-state index contributed by atoms with van der Waals surface area (Å²) in [4.78, 5) is 19.3. The van der Waals surface area contributed by atoms with Gasteiger partial charge in [-0.05, 0) is 56.7 Å². The van der Waals surface area contributed by atoms with Crippen LogP contribution in [-0.2, 0) is 10.0 Å². The molecule has 0 saturated heterocycles. The third-order valence-electron chi connectivity index (χ3n) is 4.11. The van der Waals surface area contributed by atoms with Gasteiger partial charge in [-0.1, -0.05) is 6.92 Å². The number of amides is 1. The summed E-state index contributed by atoms with van der Waals surface area (Å²) < 4.78 is 27.2. The average Bonchev–Trinajstić information content (AvgIpc) is 3.30. The Kier molecular flexibility index (Phi) is 6.29. The number of hydrogen-bond donors (Lipinski definition) is 2. The maximum Gasteiger partial charge on any atom is 0.257 e. The maximum absolute atomic E-state index is 12.4. The molecule has 0 saturated carbocycles. The Bertz CT molecular complexity index is 1070. The van der Waals surface area contributed by atoms with Gasteiger partial charge in [0.25, 0.3) is 5.91 Å². The minimum atomic E-state index is -3.59. The van der Waals surface area contributed by atoms with Crippen LogP contribution in [0.2, 0.25) is 0 Å². The van der Waals surface area contributed by atoms with Gasteiger partial charge in [-0.25, -0.2) is 18.1 Å². The molecule has 0 aliphatic heterocycles. The number of aryl methyl sites for hydroxylation is 1. The van der Waals surface area contributed by atoms with Gasteiger partial charge in [-0.15, -0.1) is 22.7 Å². The van der Waals surface area contributed by atoms with Crippen molar-refractivity contribution in [1.29, 1.82) is 0 Å². The largest absolute Gasteiger partial charge is 0.298 e. The molecule has 1 amide bonds. The van der Waals surface area contributed by atoms with E-state index in [1.165, 1.54) is 40.5 Å². The normalized spacial score (nSPS) is 12.7. The molecule has 0 aliphatic carbocycles. The van der Waals surface area contributed by atoms with Crippen molar-refractivity contribution < 1.29 is 13.2 Å². The summed E-state index contributed by atoms with van der Waals surface area (Å²) in [6.07, 6.45) is 0.695. The van der Waals surface area contributed by atoms with Crippen LogP contribution < -0.4 is 10.0 Å². The van der Waals surface area contributed by atoms with E-state index >= 15 is 0 Å². The molecular weight excluding hydrogens is 414 g/mol. The Morgan fingerprint density at radius 1 is 1.18 bits per heavy atom. The van der Waals surface area contributed by atoms with Crippen LogP contribution in [0.3, 0.4) is 0 Å². The van der Waals surface area contributed by atoms with Gasteiger partial charge in [0.15, 0.2) is 5.13 Å². The summed E-state index contributed by atoms with van der Waals surface area (Å²) in [5, 5.41) is 5.16. The smallest absolute Gasteiger partial charge is 0.257 e. The van der Waals surface area contributed by atoms with Crippen LogP contribution in [0.25, 0.3) is 10.6 Å². The van der Waals surface area contributed by atoms with Gasteiger partial charge in [-0.3, -0.25) is 10.1 Å². The van der Waals surface area contributed by atoms with Crippen molar-refractivity contribution in [2.75, 3.05) is 5.32 Å². The molecule has 1 aromatic carbocycles. The molecule has 28 heavy (non-hydrogen) atoms. The van der Waals surface area contributed by atoms with Crippen molar-refractivity contribution in [3.63, 3.8) is 0 Å². The molecule has 2 aromatic heterocycles. The zero-order valence-electron chi connectivity index (χ0n) is 15.7. The fourth-order valence-corrected chi connectivity index (χ4v) is 5.32. The number of sulfonamides is 1. The van der Waals surface area contributed by atoms with Gasteiger partial charge in [0.1, 0.15) is 0 Å². The van der Waals surface area contributed by atoms with Gasteiger partial charge in [-0.2, -0.15) is 0 Å². The molecule has 0 fully saturated rings. The molecule has 1 atom stereocenters. The van der Waals surface area contributed by atoms with Crippen molar-refractivity contribution in [2.24, 2.45) is 0 Å². The molecule has 3 aromatic rings. The van der Waals surface area contributed by atoms with Crippen molar-refractivity contribution >= 4 is 43.7 Å². The van der Waals surface area contributed by atoms with Crippen molar-refractivity contribution in [1.82, 2.24) is 9.71 Å². The number of nitrogens with one attached hydrogen (secondary N) is 2. The SMILES string of the molecule is CCC(C)NS(=O)(=O)c1ccc(C(=O)Nc2nc(-c3ccc(C)s3)cs2)cc1. The summed E-state index contributed by atoms with van der Waals surface area (Å²) in [6, 6.07) is 9.74. The first kappa shape index (κ1) is 20.7. The van der Waals surface area contributed by atoms with E-state index in [9.17, 15) is 13.2 Å². The molecule has 9 heteroatoms. The quantitative estimate of drug-likeness (QED) is 0.571. The topological polar surface area (TPSA) is 88.2 Å². The highest BCUT2D eigenvalue weighted by molar-refractivity contribution is 7.89. The van der Waals surface area contributed by atoms with Crippen LogP contribution in [-0.4, -0.2) is 25.4 Å². The lowest BCUT2D eigenvalue weighted by Gasteiger charge is -2.12. The zero-order chi connectivity index (χ0) is 20.3. The summed E-state index contributed by atoms with van der Waals surface area (Å²) in [5.74, 6) is -0.331. The average molecular weight is 436 g/mol. The van der Waals surface area contributed by atoms with E-state index in [0.717, 1.165) is 10.6 Å².